The number of aromatic carboxylic acids is 1. The highest BCUT2D eigenvalue weighted by Gasteiger charge is 2.04. The first-order valence-electron chi connectivity index (χ1n) is 5.82. The molecule has 0 aliphatic heterocycles. The average Bonchev–Trinajstić information content (AvgIpc) is 2.46. The van der Waals surface area contributed by atoms with E-state index in [1.165, 1.54) is 12.1 Å². The van der Waals surface area contributed by atoms with Crippen molar-refractivity contribution in [2.24, 2.45) is 10.2 Å². The molecule has 0 aliphatic rings. The van der Waals surface area contributed by atoms with Crippen molar-refractivity contribution in [2.75, 3.05) is 0 Å². The Morgan fingerprint density at radius 1 is 1.21 bits per heavy atom. The Labute approximate surface area is 110 Å². The van der Waals surface area contributed by atoms with E-state index in [-0.39, 0.29) is 11.6 Å². The van der Waals surface area contributed by atoms with Crippen molar-refractivity contribution >= 4 is 11.7 Å². The Kier molecular flexibility index (Phi) is 3.97. The molecular weight excluding hydrogens is 242 g/mol. The van der Waals surface area contributed by atoms with Crippen LogP contribution in [-0.4, -0.2) is 16.1 Å². The van der Waals surface area contributed by atoms with E-state index in [0.717, 1.165) is 5.69 Å². The molecule has 0 bridgehead atoms. The fourth-order valence-corrected chi connectivity index (χ4v) is 1.51. The summed E-state index contributed by atoms with van der Waals surface area (Å²) in [4.78, 5) is 14.9. The van der Waals surface area contributed by atoms with Crippen molar-refractivity contribution in [2.45, 2.75) is 13.0 Å². The first kappa shape index (κ1) is 12.9. The molecule has 0 saturated carbocycles. The van der Waals surface area contributed by atoms with Crippen LogP contribution in [0, 0.1) is 0 Å². The Hall–Kier alpha value is -2.56. The summed E-state index contributed by atoms with van der Waals surface area (Å²) in [5, 5.41) is 17.0. The molecule has 0 saturated heterocycles. The van der Waals surface area contributed by atoms with Gasteiger partial charge in [0.1, 0.15) is 6.04 Å². The van der Waals surface area contributed by atoms with E-state index in [4.69, 9.17) is 5.11 Å². The van der Waals surface area contributed by atoms with E-state index in [2.05, 4.69) is 15.2 Å². The molecule has 5 nitrogen and oxygen atoms in total. The first-order chi connectivity index (χ1) is 9.16. The Balaban J connectivity index is 2.08. The molecule has 2 aromatic rings. The molecule has 1 atom stereocenters. The number of nitrogens with zero attached hydrogens (tertiary/aromatic N) is 3. The second-order valence-corrected chi connectivity index (χ2v) is 4.00. The lowest BCUT2D eigenvalue weighted by Gasteiger charge is -2.03. The van der Waals surface area contributed by atoms with Gasteiger partial charge in [-0.05, 0) is 43.3 Å². The van der Waals surface area contributed by atoms with Gasteiger partial charge in [0.2, 0.25) is 0 Å². The van der Waals surface area contributed by atoms with Crippen molar-refractivity contribution in [1.82, 2.24) is 4.98 Å². The van der Waals surface area contributed by atoms with Gasteiger partial charge >= 0.3 is 5.97 Å². The highest BCUT2D eigenvalue weighted by molar-refractivity contribution is 5.87. The third kappa shape index (κ3) is 3.45. The van der Waals surface area contributed by atoms with E-state index in [1.54, 1.807) is 18.3 Å². The number of carbonyl (C=O) groups is 1. The van der Waals surface area contributed by atoms with Crippen LogP contribution in [-0.2, 0) is 0 Å². The molecule has 1 unspecified atom stereocenters. The van der Waals surface area contributed by atoms with Crippen molar-refractivity contribution in [3.63, 3.8) is 0 Å². The fourth-order valence-electron chi connectivity index (χ4n) is 1.51. The summed E-state index contributed by atoms with van der Waals surface area (Å²) < 4.78 is 0. The standard InChI is InChI=1S/C14H13N3O2/c1-10(13-4-2-3-9-15-13)16-17-12-7-5-11(6-8-12)14(18)19/h2-10H,1H3,(H,18,19). The number of hydrogen-bond donors (Lipinski definition) is 1. The van der Waals surface area contributed by atoms with E-state index in [1.807, 2.05) is 25.1 Å². The Morgan fingerprint density at radius 2 is 1.95 bits per heavy atom. The zero-order chi connectivity index (χ0) is 13.7. The van der Waals surface area contributed by atoms with Crippen LogP contribution in [0.2, 0.25) is 0 Å². The van der Waals surface area contributed by atoms with Crippen LogP contribution in [0.4, 0.5) is 5.69 Å². The van der Waals surface area contributed by atoms with E-state index in [0.29, 0.717) is 5.69 Å². The molecule has 1 aromatic heterocycles. The largest absolute Gasteiger partial charge is 0.478 e. The van der Waals surface area contributed by atoms with Gasteiger partial charge in [-0.15, -0.1) is 0 Å². The molecule has 0 aliphatic carbocycles. The number of azo groups is 1. The number of pyridine rings is 1. The third-order valence-electron chi connectivity index (χ3n) is 2.58. The Morgan fingerprint density at radius 3 is 2.53 bits per heavy atom. The van der Waals surface area contributed by atoms with Crippen molar-refractivity contribution < 1.29 is 9.90 Å². The van der Waals surface area contributed by atoms with Crippen LogP contribution in [0.15, 0.2) is 58.9 Å². The zero-order valence-corrected chi connectivity index (χ0v) is 10.4. The van der Waals surface area contributed by atoms with Crippen LogP contribution < -0.4 is 0 Å². The van der Waals surface area contributed by atoms with Gasteiger partial charge in [0.25, 0.3) is 0 Å². The van der Waals surface area contributed by atoms with Gasteiger partial charge in [-0.2, -0.15) is 10.2 Å². The summed E-state index contributed by atoms with van der Waals surface area (Å²) in [6.45, 7) is 1.90. The lowest BCUT2D eigenvalue weighted by atomic mass is 10.2. The maximum atomic E-state index is 10.7. The lowest BCUT2D eigenvalue weighted by molar-refractivity contribution is 0.0697. The predicted molar refractivity (Wildman–Crippen MR) is 70.6 cm³/mol. The number of carboxylic acid groups (broad SMARTS) is 1. The predicted octanol–water partition coefficient (Wildman–Crippen LogP) is 3.62. The highest BCUT2D eigenvalue weighted by atomic mass is 16.4. The fraction of sp³-hybridized carbons (Fsp3) is 0.143. The maximum absolute atomic E-state index is 10.7. The molecule has 1 aromatic carbocycles. The number of aromatic nitrogens is 1. The molecule has 19 heavy (non-hydrogen) atoms. The average molecular weight is 255 g/mol. The van der Waals surface area contributed by atoms with Crippen molar-refractivity contribution in [3.05, 3.63) is 59.9 Å². The quantitative estimate of drug-likeness (QED) is 0.847. The lowest BCUT2D eigenvalue weighted by Crippen LogP contribution is -1.94. The maximum Gasteiger partial charge on any atom is 0.335 e. The molecular formula is C14H13N3O2. The van der Waals surface area contributed by atoms with Crippen molar-refractivity contribution in [3.8, 4) is 0 Å². The summed E-state index contributed by atoms with van der Waals surface area (Å²) in [6, 6.07) is 11.7. The van der Waals surface area contributed by atoms with Crippen molar-refractivity contribution in [1.29, 1.82) is 0 Å². The molecule has 0 amide bonds. The summed E-state index contributed by atoms with van der Waals surface area (Å²) in [7, 11) is 0. The monoisotopic (exact) mass is 255 g/mol. The number of carboxylic acids is 1. The topological polar surface area (TPSA) is 74.9 Å². The van der Waals surface area contributed by atoms with Gasteiger partial charge in [0.05, 0.1) is 16.9 Å². The summed E-state index contributed by atoms with van der Waals surface area (Å²) >= 11 is 0. The molecule has 96 valence electrons. The third-order valence-corrected chi connectivity index (χ3v) is 2.58. The molecule has 0 radical (unpaired) electrons. The summed E-state index contributed by atoms with van der Waals surface area (Å²) in [6.07, 6.45) is 1.71. The highest BCUT2D eigenvalue weighted by Crippen LogP contribution is 2.19. The number of hydrogen-bond acceptors (Lipinski definition) is 4. The van der Waals surface area contributed by atoms with Crippen LogP contribution >= 0.6 is 0 Å². The van der Waals surface area contributed by atoms with Gasteiger partial charge in [0, 0.05) is 6.20 Å². The van der Waals surface area contributed by atoms with Gasteiger partial charge in [-0.1, -0.05) is 6.07 Å². The van der Waals surface area contributed by atoms with Crippen LogP contribution in [0.5, 0.6) is 0 Å². The summed E-state index contributed by atoms with van der Waals surface area (Å²) in [5.41, 5.74) is 1.69. The minimum absolute atomic E-state index is 0.139. The smallest absolute Gasteiger partial charge is 0.335 e. The van der Waals surface area contributed by atoms with Gasteiger partial charge < -0.3 is 5.11 Å². The van der Waals surface area contributed by atoms with Gasteiger partial charge in [0.15, 0.2) is 0 Å². The van der Waals surface area contributed by atoms with E-state index in [9.17, 15) is 4.79 Å². The molecule has 0 fully saturated rings. The minimum atomic E-state index is -0.953. The summed E-state index contributed by atoms with van der Waals surface area (Å²) in [5.74, 6) is -0.953. The molecule has 0 spiro atoms. The first-order valence-corrected chi connectivity index (χ1v) is 5.82. The minimum Gasteiger partial charge on any atom is -0.478 e. The van der Waals surface area contributed by atoms with E-state index >= 15 is 0 Å². The normalized spacial score (nSPS) is 12.5. The van der Waals surface area contributed by atoms with E-state index < -0.39 is 5.97 Å². The molecule has 1 heterocycles. The second kappa shape index (κ2) is 5.86. The number of benzene rings is 1. The van der Waals surface area contributed by atoms with Crippen LogP contribution in [0.25, 0.3) is 0 Å². The van der Waals surface area contributed by atoms with Gasteiger partial charge in [-0.3, -0.25) is 4.98 Å². The zero-order valence-electron chi connectivity index (χ0n) is 10.4. The molecule has 1 N–H and O–H groups in total. The molecule has 2 rings (SSSR count). The number of rotatable bonds is 4. The Bertz CT molecular complexity index is 579. The molecule has 5 heteroatoms. The SMILES string of the molecule is CC(N=Nc1ccc(C(=O)O)cc1)c1ccccn1. The second-order valence-electron chi connectivity index (χ2n) is 4.00. The van der Waals surface area contributed by atoms with Crippen LogP contribution in [0.1, 0.15) is 29.0 Å². The van der Waals surface area contributed by atoms with Crippen LogP contribution in [0.3, 0.4) is 0 Å². The van der Waals surface area contributed by atoms with Gasteiger partial charge in [-0.25, -0.2) is 4.79 Å².